The number of carbonyl (C=O) groups excluding carboxylic acids is 2. The lowest BCUT2D eigenvalue weighted by molar-refractivity contribution is -0.126. The maximum absolute atomic E-state index is 13.5. The van der Waals surface area contributed by atoms with Crippen LogP contribution in [-0.2, 0) is 11.3 Å². The number of benzene rings is 2. The quantitative estimate of drug-likeness (QED) is 0.664. The first-order valence-electron chi connectivity index (χ1n) is 12.7. The van der Waals surface area contributed by atoms with E-state index in [1.807, 2.05) is 47.4 Å². The average Bonchev–Trinajstić information content (AvgIpc) is 3.26. The van der Waals surface area contributed by atoms with Gasteiger partial charge >= 0.3 is 0 Å². The van der Waals surface area contributed by atoms with Gasteiger partial charge in [0.1, 0.15) is 6.04 Å². The molecule has 1 aliphatic carbocycles. The van der Waals surface area contributed by atoms with Crippen molar-refractivity contribution in [2.24, 2.45) is 5.92 Å². The Balaban J connectivity index is 1.21. The van der Waals surface area contributed by atoms with Crippen molar-refractivity contribution in [3.05, 3.63) is 70.7 Å². The van der Waals surface area contributed by atoms with E-state index in [1.165, 1.54) is 12.0 Å². The minimum atomic E-state index is -0.354. The summed E-state index contributed by atoms with van der Waals surface area (Å²) in [7, 11) is 0. The van der Waals surface area contributed by atoms with Crippen molar-refractivity contribution in [2.75, 3.05) is 13.1 Å². The fourth-order valence-corrected chi connectivity index (χ4v) is 6.22. The molecular weight excluding hydrogens is 446 g/mol. The molecule has 2 aliphatic heterocycles. The number of rotatable bonds is 5. The van der Waals surface area contributed by atoms with Gasteiger partial charge in [0.15, 0.2) is 0 Å². The van der Waals surface area contributed by atoms with Crippen molar-refractivity contribution < 1.29 is 9.59 Å². The van der Waals surface area contributed by atoms with E-state index in [0.717, 1.165) is 63.2 Å². The van der Waals surface area contributed by atoms with Crippen LogP contribution in [0.2, 0.25) is 5.02 Å². The first-order valence-corrected chi connectivity index (χ1v) is 13.1. The number of hydrogen-bond acceptors (Lipinski definition) is 3. The standard InChI is InChI=1S/C28H34ClN3O2/c29-23-12-10-20(11-13-23)19-31-16-14-24(15-17-31)30-27(33)26-18-22-8-4-5-9-25(22)32(26)28(34)21-6-2-1-3-7-21/h1-3,6-7,10-13,22,24-26H,4-5,8-9,14-19H2,(H,30,33). The molecule has 2 saturated heterocycles. The maximum atomic E-state index is 13.5. The third-order valence-electron chi connectivity index (χ3n) is 7.90. The molecule has 3 unspecified atom stereocenters. The topological polar surface area (TPSA) is 52.7 Å². The fourth-order valence-electron chi connectivity index (χ4n) is 6.10. The zero-order valence-electron chi connectivity index (χ0n) is 19.7. The Hall–Kier alpha value is -2.37. The molecule has 3 fully saturated rings. The number of fused-ring (bicyclic) bond motifs is 1. The zero-order valence-corrected chi connectivity index (χ0v) is 20.4. The number of piperidine rings is 1. The average molecular weight is 480 g/mol. The van der Waals surface area contributed by atoms with Crippen molar-refractivity contribution in [2.45, 2.75) is 69.6 Å². The summed E-state index contributed by atoms with van der Waals surface area (Å²) in [6.07, 6.45) is 7.14. The first-order chi connectivity index (χ1) is 16.6. The third kappa shape index (κ3) is 5.16. The van der Waals surface area contributed by atoms with E-state index in [1.54, 1.807) is 0 Å². The van der Waals surface area contributed by atoms with E-state index in [9.17, 15) is 9.59 Å². The summed E-state index contributed by atoms with van der Waals surface area (Å²) >= 11 is 6.00. The van der Waals surface area contributed by atoms with Gasteiger partial charge in [-0.1, -0.05) is 54.8 Å². The minimum absolute atomic E-state index is 0.00735. The molecule has 0 spiro atoms. The lowest BCUT2D eigenvalue weighted by Crippen LogP contribution is -2.53. The smallest absolute Gasteiger partial charge is 0.254 e. The molecule has 5 nitrogen and oxygen atoms in total. The van der Waals surface area contributed by atoms with E-state index in [-0.39, 0.29) is 29.9 Å². The Morgan fingerprint density at radius 3 is 2.35 bits per heavy atom. The summed E-state index contributed by atoms with van der Waals surface area (Å²) < 4.78 is 0. The van der Waals surface area contributed by atoms with Gasteiger partial charge in [-0.2, -0.15) is 0 Å². The lowest BCUT2D eigenvalue weighted by Gasteiger charge is -2.35. The third-order valence-corrected chi connectivity index (χ3v) is 8.15. The molecule has 2 aromatic rings. The highest BCUT2D eigenvalue weighted by Gasteiger charge is 2.47. The van der Waals surface area contributed by atoms with E-state index in [2.05, 4.69) is 22.3 Å². The van der Waals surface area contributed by atoms with Crippen LogP contribution in [0, 0.1) is 5.92 Å². The Kier molecular flexibility index (Phi) is 7.21. The van der Waals surface area contributed by atoms with Crippen LogP contribution in [0.25, 0.3) is 0 Å². The van der Waals surface area contributed by atoms with Crippen molar-refractivity contribution in [1.82, 2.24) is 15.1 Å². The molecule has 1 saturated carbocycles. The van der Waals surface area contributed by atoms with Gasteiger partial charge in [-0.05, 0) is 67.9 Å². The number of nitrogens with one attached hydrogen (secondary N) is 1. The molecule has 3 aliphatic rings. The van der Waals surface area contributed by atoms with Crippen LogP contribution in [0.4, 0.5) is 0 Å². The van der Waals surface area contributed by atoms with Gasteiger partial charge in [0.25, 0.3) is 5.91 Å². The SMILES string of the molecule is O=C(NC1CCN(Cc2ccc(Cl)cc2)CC1)C1CC2CCCCC2N1C(=O)c1ccccc1. The van der Waals surface area contributed by atoms with Gasteiger partial charge in [0, 0.05) is 42.3 Å². The van der Waals surface area contributed by atoms with Crippen LogP contribution < -0.4 is 5.32 Å². The number of hydrogen-bond donors (Lipinski definition) is 1. The second-order valence-corrected chi connectivity index (χ2v) is 10.6. The molecular formula is C28H34ClN3O2. The van der Waals surface area contributed by atoms with Crippen molar-refractivity contribution in [3.63, 3.8) is 0 Å². The van der Waals surface area contributed by atoms with E-state index in [4.69, 9.17) is 11.6 Å². The highest BCUT2D eigenvalue weighted by Crippen LogP contribution is 2.40. The Bertz CT molecular complexity index is 988. The molecule has 0 radical (unpaired) electrons. The maximum Gasteiger partial charge on any atom is 0.254 e. The first kappa shape index (κ1) is 23.4. The number of amides is 2. The van der Waals surface area contributed by atoms with E-state index >= 15 is 0 Å². The largest absolute Gasteiger partial charge is 0.351 e. The molecule has 3 atom stereocenters. The lowest BCUT2D eigenvalue weighted by atomic mass is 9.84. The second kappa shape index (κ2) is 10.5. The van der Waals surface area contributed by atoms with Gasteiger partial charge in [-0.25, -0.2) is 0 Å². The number of halogens is 1. The van der Waals surface area contributed by atoms with Crippen LogP contribution in [0.1, 0.15) is 60.9 Å². The molecule has 180 valence electrons. The summed E-state index contributed by atoms with van der Waals surface area (Å²) in [6.45, 7) is 2.81. The minimum Gasteiger partial charge on any atom is -0.351 e. The zero-order chi connectivity index (χ0) is 23.5. The van der Waals surface area contributed by atoms with Crippen molar-refractivity contribution >= 4 is 23.4 Å². The number of likely N-dealkylation sites (tertiary alicyclic amines) is 2. The highest BCUT2D eigenvalue weighted by molar-refractivity contribution is 6.30. The van der Waals surface area contributed by atoms with Crippen molar-refractivity contribution in [3.8, 4) is 0 Å². The van der Waals surface area contributed by atoms with Crippen LogP contribution >= 0.6 is 11.6 Å². The normalized spacial score (nSPS) is 25.7. The predicted octanol–water partition coefficient (Wildman–Crippen LogP) is 4.89. The van der Waals surface area contributed by atoms with E-state index in [0.29, 0.717) is 11.5 Å². The van der Waals surface area contributed by atoms with Crippen LogP contribution in [-0.4, -0.2) is 52.8 Å². The molecule has 34 heavy (non-hydrogen) atoms. The molecule has 2 aromatic carbocycles. The molecule has 6 heteroatoms. The molecule has 1 N–H and O–H groups in total. The summed E-state index contributed by atoms with van der Waals surface area (Å²) in [6, 6.07) is 17.5. The molecule has 2 amide bonds. The summed E-state index contributed by atoms with van der Waals surface area (Å²) in [4.78, 5) is 31.3. The fraction of sp³-hybridized carbons (Fsp3) is 0.500. The summed E-state index contributed by atoms with van der Waals surface area (Å²) in [5.74, 6) is 0.487. The Morgan fingerprint density at radius 1 is 0.912 bits per heavy atom. The van der Waals surface area contributed by atoms with Gasteiger partial charge in [-0.15, -0.1) is 0 Å². The van der Waals surface area contributed by atoms with Crippen LogP contribution in [0.3, 0.4) is 0 Å². The summed E-state index contributed by atoms with van der Waals surface area (Å²) in [5, 5.41) is 4.08. The summed E-state index contributed by atoms with van der Waals surface area (Å²) in [5.41, 5.74) is 1.94. The second-order valence-electron chi connectivity index (χ2n) is 10.1. The Labute approximate surface area is 207 Å². The molecule has 0 bridgehead atoms. The molecule has 0 aromatic heterocycles. The number of nitrogens with zero attached hydrogens (tertiary/aromatic N) is 2. The molecule has 2 heterocycles. The van der Waals surface area contributed by atoms with Crippen LogP contribution in [0.15, 0.2) is 54.6 Å². The van der Waals surface area contributed by atoms with Gasteiger partial charge in [-0.3, -0.25) is 14.5 Å². The van der Waals surface area contributed by atoms with Crippen LogP contribution in [0.5, 0.6) is 0 Å². The monoisotopic (exact) mass is 479 g/mol. The van der Waals surface area contributed by atoms with Gasteiger partial charge in [0.2, 0.25) is 5.91 Å². The van der Waals surface area contributed by atoms with Gasteiger partial charge in [0.05, 0.1) is 0 Å². The molecule has 5 rings (SSSR count). The van der Waals surface area contributed by atoms with E-state index < -0.39 is 0 Å². The van der Waals surface area contributed by atoms with Crippen molar-refractivity contribution in [1.29, 1.82) is 0 Å². The van der Waals surface area contributed by atoms with Gasteiger partial charge < -0.3 is 10.2 Å². The number of carbonyl (C=O) groups is 2. The Morgan fingerprint density at radius 2 is 1.62 bits per heavy atom. The predicted molar refractivity (Wildman–Crippen MR) is 135 cm³/mol. The highest BCUT2D eigenvalue weighted by atomic mass is 35.5.